The molecule has 0 fully saturated rings. The molecule has 6 aromatic rings. The van der Waals surface area contributed by atoms with Gasteiger partial charge in [0.05, 0.1) is 0 Å². The average molecular weight is 498 g/mol. The van der Waals surface area contributed by atoms with Crippen molar-refractivity contribution in [3.8, 4) is 11.5 Å². The fourth-order valence-electron chi connectivity index (χ4n) is 4.75. The molecule has 0 saturated carbocycles. The SMILES string of the molecule is c1ccc(Nc2oc(-c3ccccc3)nc2[P+](c2ccccc2)(c2ccccc2)c2ccccc2)cc1. The molecule has 1 aromatic heterocycles. The van der Waals surface area contributed by atoms with Crippen LogP contribution in [0.5, 0.6) is 0 Å². The van der Waals surface area contributed by atoms with Gasteiger partial charge in [-0.25, -0.2) is 0 Å². The third-order valence-electron chi connectivity index (χ3n) is 6.41. The number of nitrogens with zero attached hydrogens (tertiary/aromatic N) is 1. The lowest BCUT2D eigenvalue weighted by molar-refractivity contribution is 0.592. The summed E-state index contributed by atoms with van der Waals surface area (Å²) in [5.74, 6) is 1.26. The maximum atomic E-state index is 6.58. The number of oxazole rings is 1. The standard InChI is InChI=1S/C33H26N2OP/c1-6-16-26(17-7-1)31-35-33(32(36-31)34-27-18-8-2-9-19-27)37(28-20-10-3-11-21-28,29-22-12-4-13-23-29)30-24-14-5-15-25-30/h1-25,34H/q+1. The van der Waals surface area contributed by atoms with Crippen LogP contribution in [0.4, 0.5) is 11.6 Å². The van der Waals surface area contributed by atoms with Crippen LogP contribution in [0.15, 0.2) is 156 Å². The highest BCUT2D eigenvalue weighted by Gasteiger charge is 2.53. The molecule has 0 saturated heterocycles. The van der Waals surface area contributed by atoms with Crippen LogP contribution in [0.1, 0.15) is 0 Å². The van der Waals surface area contributed by atoms with E-state index in [2.05, 4.69) is 96.3 Å². The van der Waals surface area contributed by atoms with E-state index in [-0.39, 0.29) is 0 Å². The molecular weight excluding hydrogens is 471 g/mol. The maximum absolute atomic E-state index is 6.58. The molecule has 0 aliphatic rings. The minimum absolute atomic E-state index is 0.598. The molecule has 0 atom stereocenters. The second kappa shape index (κ2) is 10.3. The van der Waals surface area contributed by atoms with Crippen molar-refractivity contribution in [1.82, 2.24) is 4.98 Å². The van der Waals surface area contributed by atoms with Gasteiger partial charge in [0.2, 0.25) is 5.89 Å². The monoisotopic (exact) mass is 497 g/mol. The van der Waals surface area contributed by atoms with Crippen LogP contribution in [0, 0.1) is 0 Å². The van der Waals surface area contributed by atoms with E-state index in [9.17, 15) is 0 Å². The van der Waals surface area contributed by atoms with Crippen molar-refractivity contribution >= 4 is 40.2 Å². The number of rotatable bonds is 7. The number of nitrogens with one attached hydrogen (secondary N) is 1. The summed E-state index contributed by atoms with van der Waals surface area (Å²) < 4.78 is 6.58. The van der Waals surface area contributed by atoms with Gasteiger partial charge in [-0.15, -0.1) is 0 Å². The first kappa shape index (κ1) is 23.0. The first-order valence-corrected chi connectivity index (χ1v) is 14.1. The Hall–Kier alpha value is -4.46. The molecule has 4 heteroatoms. The fourth-order valence-corrected chi connectivity index (χ4v) is 8.88. The Balaban J connectivity index is 1.70. The quantitative estimate of drug-likeness (QED) is 0.249. The van der Waals surface area contributed by atoms with Crippen LogP contribution in [0.25, 0.3) is 11.5 Å². The van der Waals surface area contributed by atoms with Gasteiger partial charge in [0.1, 0.15) is 15.9 Å². The zero-order chi connectivity index (χ0) is 24.9. The van der Waals surface area contributed by atoms with Gasteiger partial charge in [-0.1, -0.05) is 91.0 Å². The van der Waals surface area contributed by atoms with E-state index in [4.69, 9.17) is 9.40 Å². The van der Waals surface area contributed by atoms with E-state index in [0.717, 1.165) is 16.7 Å². The molecule has 0 spiro atoms. The predicted octanol–water partition coefficient (Wildman–Crippen LogP) is 6.70. The van der Waals surface area contributed by atoms with E-state index >= 15 is 0 Å². The third-order valence-corrected chi connectivity index (χ3v) is 10.6. The first-order valence-electron chi connectivity index (χ1n) is 12.3. The number of anilines is 2. The van der Waals surface area contributed by atoms with E-state index in [1.54, 1.807) is 0 Å². The third kappa shape index (κ3) is 4.35. The zero-order valence-corrected chi connectivity index (χ0v) is 21.1. The van der Waals surface area contributed by atoms with Gasteiger partial charge in [0.25, 0.3) is 11.3 Å². The summed E-state index contributed by atoms with van der Waals surface area (Å²) in [6, 6.07) is 52.4. The van der Waals surface area contributed by atoms with E-state index in [1.165, 1.54) is 15.9 Å². The number of para-hydroxylation sites is 1. The number of benzene rings is 5. The summed E-state index contributed by atoms with van der Waals surface area (Å²) in [6.07, 6.45) is 0. The zero-order valence-electron chi connectivity index (χ0n) is 20.2. The molecule has 1 heterocycles. The molecule has 0 unspecified atom stereocenters. The van der Waals surface area contributed by atoms with Crippen molar-refractivity contribution in [1.29, 1.82) is 0 Å². The van der Waals surface area contributed by atoms with E-state index < -0.39 is 7.26 Å². The van der Waals surface area contributed by atoms with Gasteiger partial charge in [0.15, 0.2) is 7.26 Å². The second-order valence-corrected chi connectivity index (χ2v) is 12.0. The lowest BCUT2D eigenvalue weighted by atomic mass is 10.2. The summed E-state index contributed by atoms with van der Waals surface area (Å²) in [5.41, 5.74) is 2.81. The van der Waals surface area contributed by atoms with Gasteiger partial charge < -0.3 is 9.73 Å². The second-order valence-electron chi connectivity index (χ2n) is 8.71. The van der Waals surface area contributed by atoms with Crippen molar-refractivity contribution < 1.29 is 4.42 Å². The minimum Gasteiger partial charge on any atom is -0.416 e. The van der Waals surface area contributed by atoms with Crippen molar-refractivity contribution in [2.45, 2.75) is 0 Å². The molecule has 1 N–H and O–H groups in total. The van der Waals surface area contributed by atoms with E-state index in [0.29, 0.717) is 11.8 Å². The van der Waals surface area contributed by atoms with Crippen molar-refractivity contribution in [2.75, 3.05) is 5.32 Å². The Labute approximate surface area is 217 Å². The number of hydrogen-bond donors (Lipinski definition) is 1. The highest BCUT2D eigenvalue weighted by molar-refractivity contribution is 8.01. The number of aromatic nitrogens is 1. The van der Waals surface area contributed by atoms with Crippen LogP contribution in [-0.2, 0) is 0 Å². The predicted molar refractivity (Wildman–Crippen MR) is 156 cm³/mol. The molecule has 178 valence electrons. The lowest BCUT2D eigenvalue weighted by Crippen LogP contribution is -2.40. The van der Waals surface area contributed by atoms with Crippen molar-refractivity contribution in [2.24, 2.45) is 0 Å². The average Bonchev–Trinajstić information content (AvgIpc) is 3.40. The Bertz CT molecular complexity index is 1470. The fraction of sp³-hybridized carbons (Fsp3) is 0. The first-order chi connectivity index (χ1) is 18.4. The Morgan fingerprint density at radius 2 is 0.892 bits per heavy atom. The summed E-state index contributed by atoms with van der Waals surface area (Å²) in [7, 11) is -2.45. The molecule has 0 aliphatic heterocycles. The Kier molecular flexibility index (Phi) is 6.37. The van der Waals surface area contributed by atoms with Crippen molar-refractivity contribution in [3.05, 3.63) is 152 Å². The molecular formula is C33H26N2OP+. The normalized spacial score (nSPS) is 11.2. The van der Waals surface area contributed by atoms with Gasteiger partial charge in [-0.2, -0.15) is 4.98 Å². The van der Waals surface area contributed by atoms with Gasteiger partial charge in [-0.05, 0) is 60.7 Å². The van der Waals surface area contributed by atoms with Gasteiger partial charge >= 0.3 is 0 Å². The molecule has 3 nitrogen and oxygen atoms in total. The molecule has 0 aliphatic carbocycles. The van der Waals surface area contributed by atoms with Crippen LogP contribution >= 0.6 is 7.26 Å². The maximum Gasteiger partial charge on any atom is 0.263 e. The van der Waals surface area contributed by atoms with Crippen LogP contribution in [0.3, 0.4) is 0 Å². The topological polar surface area (TPSA) is 38.1 Å². The summed E-state index contributed by atoms with van der Waals surface area (Å²) >= 11 is 0. The Morgan fingerprint density at radius 3 is 1.35 bits per heavy atom. The summed E-state index contributed by atoms with van der Waals surface area (Å²) in [4.78, 5) is 5.30. The van der Waals surface area contributed by atoms with Crippen LogP contribution in [-0.4, -0.2) is 4.98 Å². The molecule has 37 heavy (non-hydrogen) atoms. The molecule has 5 aromatic carbocycles. The van der Waals surface area contributed by atoms with E-state index in [1.807, 2.05) is 60.7 Å². The summed E-state index contributed by atoms with van der Waals surface area (Å²) in [5, 5.41) is 7.23. The van der Waals surface area contributed by atoms with Crippen LogP contribution < -0.4 is 26.7 Å². The number of hydrogen-bond acceptors (Lipinski definition) is 3. The molecule has 0 amide bonds. The van der Waals surface area contributed by atoms with Gasteiger partial charge in [0, 0.05) is 11.3 Å². The minimum atomic E-state index is -2.45. The highest BCUT2D eigenvalue weighted by atomic mass is 31.2. The van der Waals surface area contributed by atoms with Crippen molar-refractivity contribution in [3.63, 3.8) is 0 Å². The largest absolute Gasteiger partial charge is 0.416 e. The molecule has 0 radical (unpaired) electrons. The molecule has 6 rings (SSSR count). The van der Waals surface area contributed by atoms with Gasteiger partial charge in [-0.3, -0.25) is 0 Å². The highest BCUT2D eigenvalue weighted by Crippen LogP contribution is 2.56. The smallest absolute Gasteiger partial charge is 0.263 e. The Morgan fingerprint density at radius 1 is 0.486 bits per heavy atom. The summed E-state index contributed by atoms with van der Waals surface area (Å²) in [6.45, 7) is 0. The molecule has 0 bridgehead atoms. The lowest BCUT2D eigenvalue weighted by Gasteiger charge is -2.25. The van der Waals surface area contributed by atoms with Crippen LogP contribution in [0.2, 0.25) is 0 Å².